The van der Waals surface area contributed by atoms with Gasteiger partial charge in [0.1, 0.15) is 5.75 Å². The second-order valence-electron chi connectivity index (χ2n) is 4.16. The Labute approximate surface area is 94.7 Å². The molecule has 16 heavy (non-hydrogen) atoms. The molecular weight excluding hydrogens is 200 g/mol. The third-order valence-electron chi connectivity index (χ3n) is 3.16. The van der Waals surface area contributed by atoms with Crippen molar-refractivity contribution in [1.82, 2.24) is 9.78 Å². The van der Waals surface area contributed by atoms with Crippen molar-refractivity contribution >= 4 is 0 Å². The van der Waals surface area contributed by atoms with E-state index in [1.54, 1.807) is 7.11 Å². The molecule has 0 amide bonds. The average molecular weight is 214 g/mol. The summed E-state index contributed by atoms with van der Waals surface area (Å²) in [6.45, 7) is 0. The van der Waals surface area contributed by atoms with Crippen molar-refractivity contribution in [2.24, 2.45) is 7.05 Å². The van der Waals surface area contributed by atoms with Gasteiger partial charge in [-0.25, -0.2) is 0 Å². The minimum absolute atomic E-state index is 0.980. The molecular formula is C13H14N2O. The van der Waals surface area contributed by atoms with Gasteiger partial charge in [-0.1, -0.05) is 12.1 Å². The van der Waals surface area contributed by atoms with E-state index in [4.69, 9.17) is 4.74 Å². The molecule has 0 saturated heterocycles. The first-order valence-corrected chi connectivity index (χ1v) is 5.48. The maximum absolute atomic E-state index is 5.40. The van der Waals surface area contributed by atoms with Crippen molar-refractivity contribution in [1.29, 1.82) is 0 Å². The summed E-state index contributed by atoms with van der Waals surface area (Å²) in [5.74, 6) is 0.980. The summed E-state index contributed by atoms with van der Waals surface area (Å²) in [6, 6.07) is 6.18. The molecule has 0 bridgehead atoms. The Hall–Kier alpha value is -1.77. The minimum atomic E-state index is 0.980. The Balaban J connectivity index is 2.24. The second kappa shape index (κ2) is 3.37. The topological polar surface area (TPSA) is 27.1 Å². The Bertz CT molecular complexity index is 543. The summed E-state index contributed by atoms with van der Waals surface area (Å²) < 4.78 is 7.29. The minimum Gasteiger partial charge on any atom is -0.496 e. The molecule has 0 spiro atoms. The number of hydrogen-bond donors (Lipinski definition) is 0. The highest BCUT2D eigenvalue weighted by Crippen LogP contribution is 2.36. The molecule has 1 aliphatic rings. The monoisotopic (exact) mass is 214 g/mol. The highest BCUT2D eigenvalue weighted by atomic mass is 16.5. The molecule has 2 aromatic rings. The van der Waals surface area contributed by atoms with Gasteiger partial charge in [0, 0.05) is 24.4 Å². The third kappa shape index (κ3) is 1.24. The number of aryl methyl sites for hydroxylation is 2. The maximum Gasteiger partial charge on any atom is 0.122 e. The summed E-state index contributed by atoms with van der Waals surface area (Å²) in [7, 11) is 3.70. The van der Waals surface area contributed by atoms with Crippen molar-refractivity contribution in [3.05, 3.63) is 35.5 Å². The number of hydrogen-bond acceptors (Lipinski definition) is 2. The summed E-state index contributed by atoms with van der Waals surface area (Å²) in [4.78, 5) is 0. The average Bonchev–Trinajstić information content (AvgIpc) is 2.69. The highest BCUT2D eigenvalue weighted by molar-refractivity contribution is 5.71. The van der Waals surface area contributed by atoms with E-state index in [-0.39, 0.29) is 0 Å². The number of benzene rings is 1. The molecule has 0 saturated carbocycles. The molecule has 1 aliphatic carbocycles. The van der Waals surface area contributed by atoms with E-state index in [0.717, 1.165) is 24.3 Å². The lowest BCUT2D eigenvalue weighted by Crippen LogP contribution is -2.04. The summed E-state index contributed by atoms with van der Waals surface area (Å²) >= 11 is 0. The Morgan fingerprint density at radius 2 is 2.19 bits per heavy atom. The molecule has 0 aliphatic heterocycles. The number of aromatic nitrogens is 2. The molecule has 3 rings (SSSR count). The number of methoxy groups -OCH3 is 1. The number of ether oxygens (including phenoxy) is 1. The van der Waals surface area contributed by atoms with Gasteiger partial charge < -0.3 is 4.74 Å². The molecule has 0 N–H and O–H groups in total. The van der Waals surface area contributed by atoms with Crippen LogP contribution in [0.2, 0.25) is 0 Å². The SMILES string of the molecule is COc1cccc2c1CCc1cn(C)nc1-2. The summed E-state index contributed by atoms with van der Waals surface area (Å²) in [5.41, 5.74) is 4.96. The number of fused-ring (bicyclic) bond motifs is 3. The lowest BCUT2D eigenvalue weighted by Gasteiger charge is -2.17. The van der Waals surface area contributed by atoms with Crippen molar-refractivity contribution in [3.8, 4) is 17.0 Å². The van der Waals surface area contributed by atoms with E-state index >= 15 is 0 Å². The Morgan fingerprint density at radius 3 is 3.00 bits per heavy atom. The zero-order valence-corrected chi connectivity index (χ0v) is 9.53. The van der Waals surface area contributed by atoms with Crippen molar-refractivity contribution in [3.63, 3.8) is 0 Å². The zero-order chi connectivity index (χ0) is 11.1. The van der Waals surface area contributed by atoms with Crippen LogP contribution in [-0.4, -0.2) is 16.9 Å². The summed E-state index contributed by atoms with van der Waals surface area (Å²) in [5, 5.41) is 4.53. The molecule has 1 aromatic heterocycles. The third-order valence-corrected chi connectivity index (χ3v) is 3.16. The second-order valence-corrected chi connectivity index (χ2v) is 4.16. The van der Waals surface area contributed by atoms with E-state index in [1.165, 1.54) is 16.7 Å². The normalized spacial score (nSPS) is 13.1. The van der Waals surface area contributed by atoms with Gasteiger partial charge in [0.15, 0.2) is 0 Å². The summed E-state index contributed by atoms with van der Waals surface area (Å²) in [6.07, 6.45) is 4.20. The van der Waals surface area contributed by atoms with Crippen LogP contribution in [0, 0.1) is 0 Å². The van der Waals surface area contributed by atoms with Gasteiger partial charge in [-0.15, -0.1) is 0 Å². The van der Waals surface area contributed by atoms with Crippen LogP contribution in [0.3, 0.4) is 0 Å². The standard InChI is InChI=1S/C13H14N2O/c1-15-8-9-6-7-10-11(13(9)14-15)4-3-5-12(10)16-2/h3-5,8H,6-7H2,1-2H3. The van der Waals surface area contributed by atoms with Gasteiger partial charge >= 0.3 is 0 Å². The van der Waals surface area contributed by atoms with Crippen LogP contribution in [-0.2, 0) is 19.9 Å². The van der Waals surface area contributed by atoms with Crippen LogP contribution in [0.15, 0.2) is 24.4 Å². The lowest BCUT2D eigenvalue weighted by molar-refractivity contribution is 0.409. The lowest BCUT2D eigenvalue weighted by atomic mass is 9.90. The zero-order valence-electron chi connectivity index (χ0n) is 9.53. The van der Waals surface area contributed by atoms with Crippen molar-refractivity contribution in [2.75, 3.05) is 7.11 Å². The van der Waals surface area contributed by atoms with E-state index in [2.05, 4.69) is 17.4 Å². The molecule has 1 aromatic carbocycles. The van der Waals surface area contributed by atoms with E-state index in [1.807, 2.05) is 23.9 Å². The van der Waals surface area contributed by atoms with Gasteiger partial charge in [0.25, 0.3) is 0 Å². The molecule has 3 heteroatoms. The molecule has 0 radical (unpaired) electrons. The van der Waals surface area contributed by atoms with E-state index in [0.29, 0.717) is 0 Å². The predicted octanol–water partition coefficient (Wildman–Crippen LogP) is 2.19. The van der Waals surface area contributed by atoms with Gasteiger partial charge in [-0.2, -0.15) is 5.10 Å². The van der Waals surface area contributed by atoms with Gasteiger partial charge in [-0.05, 0) is 24.5 Å². The molecule has 1 heterocycles. The molecule has 82 valence electrons. The van der Waals surface area contributed by atoms with Crippen LogP contribution in [0.25, 0.3) is 11.3 Å². The van der Waals surface area contributed by atoms with Crippen LogP contribution in [0.4, 0.5) is 0 Å². The van der Waals surface area contributed by atoms with Crippen LogP contribution in [0.5, 0.6) is 5.75 Å². The predicted molar refractivity (Wildman–Crippen MR) is 62.6 cm³/mol. The first-order chi connectivity index (χ1) is 7.79. The molecule has 3 nitrogen and oxygen atoms in total. The quantitative estimate of drug-likeness (QED) is 0.727. The van der Waals surface area contributed by atoms with Gasteiger partial charge in [0.05, 0.1) is 12.8 Å². The number of rotatable bonds is 1. The van der Waals surface area contributed by atoms with Crippen LogP contribution in [0.1, 0.15) is 11.1 Å². The fourth-order valence-corrected chi connectivity index (χ4v) is 2.44. The molecule has 0 atom stereocenters. The van der Waals surface area contributed by atoms with E-state index in [9.17, 15) is 0 Å². The fourth-order valence-electron chi connectivity index (χ4n) is 2.44. The largest absolute Gasteiger partial charge is 0.496 e. The Kier molecular flexibility index (Phi) is 1.99. The smallest absolute Gasteiger partial charge is 0.122 e. The van der Waals surface area contributed by atoms with E-state index < -0.39 is 0 Å². The van der Waals surface area contributed by atoms with Crippen LogP contribution >= 0.6 is 0 Å². The maximum atomic E-state index is 5.40. The first-order valence-electron chi connectivity index (χ1n) is 5.48. The fraction of sp³-hybridized carbons (Fsp3) is 0.308. The van der Waals surface area contributed by atoms with Crippen molar-refractivity contribution in [2.45, 2.75) is 12.8 Å². The molecule has 0 unspecified atom stereocenters. The van der Waals surface area contributed by atoms with Crippen molar-refractivity contribution < 1.29 is 4.74 Å². The first kappa shape index (κ1) is 9.46. The van der Waals surface area contributed by atoms with Gasteiger partial charge in [0.2, 0.25) is 0 Å². The van der Waals surface area contributed by atoms with Crippen LogP contribution < -0.4 is 4.74 Å². The number of nitrogens with zero attached hydrogens (tertiary/aromatic N) is 2. The van der Waals surface area contributed by atoms with Gasteiger partial charge in [-0.3, -0.25) is 4.68 Å². The highest BCUT2D eigenvalue weighted by Gasteiger charge is 2.21. The molecule has 0 fully saturated rings. The Morgan fingerprint density at radius 1 is 1.31 bits per heavy atom.